The van der Waals surface area contributed by atoms with Crippen LogP contribution >= 0.6 is 11.8 Å². The molecule has 1 aliphatic rings. The van der Waals surface area contributed by atoms with Crippen LogP contribution in [0.25, 0.3) is 5.69 Å². The molecule has 0 aliphatic carbocycles. The Labute approximate surface area is 146 Å². The zero-order chi connectivity index (χ0) is 16.9. The van der Waals surface area contributed by atoms with E-state index in [1.807, 2.05) is 47.9 Å². The molecule has 1 aromatic heterocycles. The summed E-state index contributed by atoms with van der Waals surface area (Å²) in [6.45, 7) is 3.66. The van der Waals surface area contributed by atoms with Crippen LogP contribution in [0.15, 0.2) is 24.3 Å². The van der Waals surface area contributed by atoms with Crippen molar-refractivity contribution in [2.24, 2.45) is 5.92 Å². The van der Waals surface area contributed by atoms with Gasteiger partial charge in [-0.25, -0.2) is 0 Å². The molecular formula is C17H23N5OS. The van der Waals surface area contributed by atoms with Gasteiger partial charge in [-0.15, -0.1) is 5.10 Å². The maximum atomic E-state index is 12.6. The minimum absolute atomic E-state index is 0.229. The predicted octanol–water partition coefficient (Wildman–Crippen LogP) is 2.11. The van der Waals surface area contributed by atoms with Crippen molar-refractivity contribution in [3.63, 3.8) is 0 Å². The molecule has 1 atom stereocenters. The van der Waals surface area contributed by atoms with Gasteiger partial charge in [0.05, 0.1) is 12.1 Å². The summed E-state index contributed by atoms with van der Waals surface area (Å²) in [4.78, 5) is 14.6. The molecule has 0 radical (unpaired) electrons. The molecule has 1 fully saturated rings. The zero-order valence-electron chi connectivity index (χ0n) is 14.2. The largest absolute Gasteiger partial charge is 0.342 e. The molecule has 0 saturated carbocycles. The first-order valence-electron chi connectivity index (χ1n) is 8.28. The Bertz CT molecular complexity index is 683. The minimum atomic E-state index is 0.229. The van der Waals surface area contributed by atoms with Gasteiger partial charge < -0.3 is 4.90 Å². The standard InChI is InChI=1S/C17H23N5OS/c1-13-18-19-20-22(13)16-7-5-14(6-8-16)10-17(23)21-9-3-4-15(11-21)12-24-2/h5-8,15H,3-4,9-12H2,1-2H3/t15-/m0/s1. The molecular weight excluding hydrogens is 322 g/mol. The van der Waals surface area contributed by atoms with Crippen LogP contribution in [0.3, 0.4) is 0 Å². The van der Waals surface area contributed by atoms with Crippen molar-refractivity contribution in [2.75, 3.05) is 25.1 Å². The normalized spacial score (nSPS) is 17.9. The quantitative estimate of drug-likeness (QED) is 0.830. The lowest BCUT2D eigenvalue weighted by molar-refractivity contribution is -0.132. The van der Waals surface area contributed by atoms with Crippen LogP contribution < -0.4 is 0 Å². The molecule has 2 heterocycles. The van der Waals surface area contributed by atoms with Crippen molar-refractivity contribution in [3.05, 3.63) is 35.7 Å². The lowest BCUT2D eigenvalue weighted by atomic mass is 9.99. The van der Waals surface area contributed by atoms with Gasteiger partial charge >= 0.3 is 0 Å². The highest BCUT2D eigenvalue weighted by Gasteiger charge is 2.23. The summed E-state index contributed by atoms with van der Waals surface area (Å²) in [5.74, 6) is 2.76. The average molecular weight is 345 g/mol. The number of benzene rings is 1. The van der Waals surface area contributed by atoms with Gasteiger partial charge in [-0.05, 0) is 65.8 Å². The highest BCUT2D eigenvalue weighted by molar-refractivity contribution is 7.98. The van der Waals surface area contributed by atoms with E-state index in [1.165, 1.54) is 6.42 Å². The van der Waals surface area contributed by atoms with E-state index in [0.717, 1.165) is 42.3 Å². The third-order valence-corrected chi connectivity index (χ3v) is 5.24. The van der Waals surface area contributed by atoms with Gasteiger partial charge in [-0.2, -0.15) is 16.4 Å². The summed E-state index contributed by atoms with van der Waals surface area (Å²) in [5.41, 5.74) is 1.94. The van der Waals surface area contributed by atoms with Crippen molar-refractivity contribution in [3.8, 4) is 5.69 Å². The van der Waals surface area contributed by atoms with Crippen molar-refractivity contribution in [1.82, 2.24) is 25.1 Å². The second-order valence-corrected chi connectivity index (χ2v) is 7.20. The van der Waals surface area contributed by atoms with E-state index >= 15 is 0 Å². The Kier molecular flexibility index (Phi) is 5.50. The molecule has 0 unspecified atom stereocenters. The highest BCUT2D eigenvalue weighted by atomic mass is 32.2. The van der Waals surface area contributed by atoms with Crippen LogP contribution in [0.4, 0.5) is 0 Å². The first kappa shape index (κ1) is 17.0. The van der Waals surface area contributed by atoms with E-state index in [-0.39, 0.29) is 5.91 Å². The molecule has 128 valence electrons. The number of aryl methyl sites for hydroxylation is 1. The number of carbonyl (C=O) groups is 1. The molecule has 2 aromatic rings. The minimum Gasteiger partial charge on any atom is -0.342 e. The van der Waals surface area contributed by atoms with Crippen LogP contribution in [0.1, 0.15) is 24.2 Å². The monoisotopic (exact) mass is 345 g/mol. The Hall–Kier alpha value is -1.89. The molecule has 24 heavy (non-hydrogen) atoms. The Morgan fingerprint density at radius 1 is 1.33 bits per heavy atom. The number of hydrogen-bond acceptors (Lipinski definition) is 5. The summed E-state index contributed by atoms with van der Waals surface area (Å²) in [6.07, 6.45) is 4.95. The van der Waals surface area contributed by atoms with Crippen LogP contribution in [-0.2, 0) is 11.2 Å². The second-order valence-electron chi connectivity index (χ2n) is 6.28. The van der Waals surface area contributed by atoms with Gasteiger partial charge in [-0.1, -0.05) is 12.1 Å². The van der Waals surface area contributed by atoms with E-state index in [4.69, 9.17) is 0 Å². The van der Waals surface area contributed by atoms with Crippen molar-refractivity contribution >= 4 is 17.7 Å². The first-order chi connectivity index (χ1) is 11.7. The van der Waals surface area contributed by atoms with E-state index < -0.39 is 0 Å². The fourth-order valence-corrected chi connectivity index (χ4v) is 3.92. The maximum absolute atomic E-state index is 12.6. The summed E-state index contributed by atoms with van der Waals surface area (Å²) in [7, 11) is 0. The first-order valence-corrected chi connectivity index (χ1v) is 9.67. The molecule has 1 amide bonds. The molecule has 1 saturated heterocycles. The fourth-order valence-electron chi connectivity index (χ4n) is 3.18. The lowest BCUT2D eigenvalue weighted by Crippen LogP contribution is -2.41. The van der Waals surface area contributed by atoms with Gasteiger partial charge in [0.15, 0.2) is 5.82 Å². The molecule has 1 aliphatic heterocycles. The summed E-state index contributed by atoms with van der Waals surface area (Å²) in [5, 5.41) is 11.5. The number of aromatic nitrogens is 4. The second kappa shape index (κ2) is 7.79. The van der Waals surface area contributed by atoms with E-state index in [0.29, 0.717) is 12.3 Å². The van der Waals surface area contributed by atoms with Gasteiger partial charge in [0.25, 0.3) is 0 Å². The zero-order valence-corrected chi connectivity index (χ0v) is 15.0. The van der Waals surface area contributed by atoms with Gasteiger partial charge in [0, 0.05) is 13.1 Å². The number of amides is 1. The molecule has 3 rings (SSSR count). The summed E-state index contributed by atoms with van der Waals surface area (Å²) >= 11 is 1.87. The smallest absolute Gasteiger partial charge is 0.226 e. The van der Waals surface area contributed by atoms with Crippen LogP contribution in [0, 0.1) is 12.8 Å². The lowest BCUT2D eigenvalue weighted by Gasteiger charge is -2.32. The number of rotatable bonds is 5. The molecule has 0 N–H and O–H groups in total. The summed E-state index contributed by atoms with van der Waals surface area (Å²) in [6, 6.07) is 7.88. The van der Waals surface area contributed by atoms with Crippen molar-refractivity contribution in [1.29, 1.82) is 0 Å². The van der Waals surface area contributed by atoms with E-state index in [1.54, 1.807) is 4.68 Å². The Morgan fingerprint density at radius 2 is 2.12 bits per heavy atom. The van der Waals surface area contributed by atoms with Crippen molar-refractivity contribution in [2.45, 2.75) is 26.2 Å². The number of piperidine rings is 1. The fraction of sp³-hybridized carbons (Fsp3) is 0.529. The Morgan fingerprint density at radius 3 is 2.79 bits per heavy atom. The van der Waals surface area contributed by atoms with E-state index in [9.17, 15) is 4.79 Å². The summed E-state index contributed by atoms with van der Waals surface area (Å²) < 4.78 is 1.68. The molecule has 6 nitrogen and oxygen atoms in total. The third-order valence-electron chi connectivity index (χ3n) is 4.44. The van der Waals surface area contributed by atoms with Crippen LogP contribution in [0.2, 0.25) is 0 Å². The average Bonchev–Trinajstić information content (AvgIpc) is 3.02. The van der Waals surface area contributed by atoms with Gasteiger partial charge in [0.2, 0.25) is 5.91 Å². The van der Waals surface area contributed by atoms with Crippen LogP contribution in [-0.4, -0.2) is 56.1 Å². The number of carbonyl (C=O) groups excluding carboxylic acids is 1. The van der Waals surface area contributed by atoms with Crippen molar-refractivity contribution < 1.29 is 4.79 Å². The van der Waals surface area contributed by atoms with Gasteiger partial charge in [0.1, 0.15) is 0 Å². The SMILES string of the molecule is CSC[C@H]1CCCN(C(=O)Cc2ccc(-n3nnnc3C)cc2)C1. The number of thioether (sulfide) groups is 1. The van der Waals surface area contributed by atoms with Crippen LogP contribution in [0.5, 0.6) is 0 Å². The maximum Gasteiger partial charge on any atom is 0.226 e. The number of likely N-dealkylation sites (tertiary alicyclic amines) is 1. The highest BCUT2D eigenvalue weighted by Crippen LogP contribution is 2.20. The Balaban J connectivity index is 1.61. The van der Waals surface area contributed by atoms with E-state index in [2.05, 4.69) is 21.8 Å². The number of tetrazole rings is 1. The molecule has 7 heteroatoms. The molecule has 1 aromatic carbocycles. The molecule has 0 spiro atoms. The molecule has 0 bridgehead atoms. The number of hydrogen-bond donors (Lipinski definition) is 0. The predicted molar refractivity (Wildman–Crippen MR) is 95.3 cm³/mol. The van der Waals surface area contributed by atoms with Gasteiger partial charge in [-0.3, -0.25) is 4.79 Å². The third kappa shape index (κ3) is 3.95. The number of nitrogens with zero attached hydrogens (tertiary/aromatic N) is 5. The topological polar surface area (TPSA) is 63.9 Å².